The number of benzene rings is 1. The van der Waals surface area contributed by atoms with Crippen LogP contribution in [0.15, 0.2) is 22.8 Å². The molecule has 0 fully saturated rings. The largest absolute Gasteiger partial charge is 0.350 e. The molecule has 0 aliphatic heterocycles. The zero-order valence-electron chi connectivity index (χ0n) is 6.44. The molecule has 0 N–H and O–H groups in total. The SMILES string of the molecule is Cn1c[c]c2cc(Br)c(Cl)cc21. The van der Waals surface area contributed by atoms with Gasteiger partial charge in [0.25, 0.3) is 0 Å². The highest BCUT2D eigenvalue weighted by Gasteiger charge is 2.02. The Kier molecular flexibility index (Phi) is 1.89. The first-order valence-corrected chi connectivity index (χ1v) is 4.67. The maximum Gasteiger partial charge on any atom is 0.0569 e. The van der Waals surface area contributed by atoms with Gasteiger partial charge in [0, 0.05) is 34.7 Å². The minimum atomic E-state index is 0.734. The Labute approximate surface area is 84.1 Å². The summed E-state index contributed by atoms with van der Waals surface area (Å²) in [6.45, 7) is 0. The summed E-state index contributed by atoms with van der Waals surface area (Å²) in [5, 5.41) is 1.81. The molecule has 1 aromatic carbocycles. The summed E-state index contributed by atoms with van der Waals surface area (Å²) in [4.78, 5) is 0. The molecule has 0 atom stereocenters. The molecule has 0 unspecified atom stereocenters. The van der Waals surface area contributed by atoms with Crippen LogP contribution in [-0.2, 0) is 7.05 Å². The molecule has 1 heterocycles. The van der Waals surface area contributed by atoms with E-state index in [1.54, 1.807) is 0 Å². The summed E-state index contributed by atoms with van der Waals surface area (Å²) in [5.41, 5.74) is 1.10. The molecule has 0 aliphatic rings. The van der Waals surface area contributed by atoms with E-state index >= 15 is 0 Å². The zero-order chi connectivity index (χ0) is 8.72. The van der Waals surface area contributed by atoms with Gasteiger partial charge in [-0.15, -0.1) is 0 Å². The van der Waals surface area contributed by atoms with Crippen molar-refractivity contribution in [3.63, 3.8) is 0 Å². The first-order valence-electron chi connectivity index (χ1n) is 3.50. The van der Waals surface area contributed by atoms with Gasteiger partial charge in [-0.2, -0.15) is 0 Å². The van der Waals surface area contributed by atoms with E-state index in [0.29, 0.717) is 0 Å². The monoisotopic (exact) mass is 242 g/mol. The molecule has 0 bridgehead atoms. The van der Waals surface area contributed by atoms with Gasteiger partial charge in [0.15, 0.2) is 0 Å². The van der Waals surface area contributed by atoms with Crippen molar-refractivity contribution in [3.05, 3.63) is 33.9 Å². The lowest BCUT2D eigenvalue weighted by Crippen LogP contribution is -1.83. The molecule has 0 spiro atoms. The zero-order valence-corrected chi connectivity index (χ0v) is 8.78. The highest BCUT2D eigenvalue weighted by molar-refractivity contribution is 9.10. The Morgan fingerprint density at radius 3 is 3.00 bits per heavy atom. The highest BCUT2D eigenvalue weighted by atomic mass is 79.9. The minimum absolute atomic E-state index is 0.734. The van der Waals surface area contributed by atoms with Crippen molar-refractivity contribution in [1.82, 2.24) is 4.57 Å². The fraction of sp³-hybridized carbons (Fsp3) is 0.111. The number of nitrogens with zero attached hydrogens (tertiary/aromatic N) is 1. The van der Waals surface area contributed by atoms with E-state index in [9.17, 15) is 0 Å². The number of hydrogen-bond donors (Lipinski definition) is 0. The second kappa shape index (κ2) is 2.79. The predicted octanol–water partition coefficient (Wildman–Crippen LogP) is 3.39. The fourth-order valence-electron chi connectivity index (χ4n) is 1.18. The van der Waals surface area contributed by atoms with Gasteiger partial charge < -0.3 is 4.57 Å². The highest BCUT2D eigenvalue weighted by Crippen LogP contribution is 2.27. The lowest BCUT2D eigenvalue weighted by molar-refractivity contribution is 0.968. The maximum atomic E-state index is 5.94. The number of halogens is 2. The normalized spacial score (nSPS) is 10.9. The van der Waals surface area contributed by atoms with Gasteiger partial charge in [-0.25, -0.2) is 0 Å². The minimum Gasteiger partial charge on any atom is -0.350 e. The predicted molar refractivity (Wildman–Crippen MR) is 54.5 cm³/mol. The molecule has 0 amide bonds. The van der Waals surface area contributed by atoms with Crippen LogP contribution in [0.4, 0.5) is 0 Å². The topological polar surface area (TPSA) is 4.93 Å². The van der Waals surface area contributed by atoms with E-state index in [1.165, 1.54) is 0 Å². The Morgan fingerprint density at radius 1 is 1.50 bits per heavy atom. The molecule has 2 aromatic rings. The summed E-state index contributed by atoms with van der Waals surface area (Å²) < 4.78 is 2.91. The van der Waals surface area contributed by atoms with Crippen LogP contribution in [0.25, 0.3) is 10.9 Å². The van der Waals surface area contributed by atoms with Gasteiger partial charge in [-0.05, 0) is 28.1 Å². The molecular weight excluding hydrogens is 237 g/mol. The van der Waals surface area contributed by atoms with Crippen molar-refractivity contribution in [3.8, 4) is 0 Å². The van der Waals surface area contributed by atoms with Gasteiger partial charge in [0.05, 0.1) is 5.02 Å². The van der Waals surface area contributed by atoms with Crippen LogP contribution in [0, 0.1) is 6.07 Å². The smallest absolute Gasteiger partial charge is 0.0569 e. The third-order valence-corrected chi connectivity index (χ3v) is 3.03. The molecule has 61 valence electrons. The van der Waals surface area contributed by atoms with Crippen LogP contribution < -0.4 is 0 Å². The lowest BCUT2D eigenvalue weighted by atomic mass is 10.2. The molecule has 0 aliphatic carbocycles. The average molecular weight is 244 g/mol. The number of hydrogen-bond acceptors (Lipinski definition) is 0. The van der Waals surface area contributed by atoms with Crippen LogP contribution >= 0.6 is 27.5 Å². The average Bonchev–Trinajstić information content (AvgIpc) is 2.35. The second-order valence-corrected chi connectivity index (χ2v) is 3.93. The molecular formula is C9H6BrClN. The number of aryl methyl sites for hydroxylation is 1. The van der Waals surface area contributed by atoms with Gasteiger partial charge in [0.2, 0.25) is 0 Å². The first kappa shape index (κ1) is 8.14. The summed E-state index contributed by atoms with van der Waals surface area (Å²) >= 11 is 9.31. The van der Waals surface area contributed by atoms with Crippen molar-refractivity contribution in [2.24, 2.45) is 7.05 Å². The molecule has 0 saturated heterocycles. The van der Waals surface area contributed by atoms with Crippen LogP contribution in [0.1, 0.15) is 0 Å². The third kappa shape index (κ3) is 1.15. The number of aromatic nitrogens is 1. The summed E-state index contributed by atoms with van der Waals surface area (Å²) in [6, 6.07) is 7.03. The molecule has 1 aromatic heterocycles. The third-order valence-electron chi connectivity index (χ3n) is 1.83. The van der Waals surface area contributed by atoms with E-state index in [1.807, 2.05) is 29.9 Å². The maximum absolute atomic E-state index is 5.94. The van der Waals surface area contributed by atoms with Crippen LogP contribution in [0.3, 0.4) is 0 Å². The summed E-state index contributed by atoms with van der Waals surface area (Å²) in [7, 11) is 1.98. The van der Waals surface area contributed by atoms with E-state index in [4.69, 9.17) is 11.6 Å². The van der Waals surface area contributed by atoms with Gasteiger partial charge >= 0.3 is 0 Å². The molecule has 1 nitrogen and oxygen atoms in total. The van der Waals surface area contributed by atoms with E-state index in [2.05, 4.69) is 22.0 Å². The standard InChI is InChI=1S/C9H6BrClN/c1-12-3-2-6-4-7(10)8(11)5-9(6)12/h3-5H,1H3. The quantitative estimate of drug-likeness (QED) is 0.668. The lowest BCUT2D eigenvalue weighted by Gasteiger charge is -1.98. The molecule has 2 rings (SSSR count). The van der Waals surface area contributed by atoms with Gasteiger partial charge in [-0.3, -0.25) is 0 Å². The molecule has 12 heavy (non-hydrogen) atoms. The first-order chi connectivity index (χ1) is 5.68. The van der Waals surface area contributed by atoms with E-state index in [-0.39, 0.29) is 0 Å². The Bertz CT molecular complexity index is 433. The molecule has 1 radical (unpaired) electrons. The van der Waals surface area contributed by atoms with Gasteiger partial charge in [0.1, 0.15) is 0 Å². The van der Waals surface area contributed by atoms with Crippen molar-refractivity contribution < 1.29 is 0 Å². The van der Waals surface area contributed by atoms with Crippen LogP contribution in [0.2, 0.25) is 5.02 Å². The van der Waals surface area contributed by atoms with Crippen molar-refractivity contribution in [2.45, 2.75) is 0 Å². The van der Waals surface area contributed by atoms with Crippen molar-refractivity contribution in [2.75, 3.05) is 0 Å². The van der Waals surface area contributed by atoms with E-state index in [0.717, 1.165) is 20.4 Å². The Hall–Kier alpha value is -0.470. The number of fused-ring (bicyclic) bond motifs is 1. The second-order valence-electron chi connectivity index (χ2n) is 2.67. The van der Waals surface area contributed by atoms with Crippen LogP contribution in [0.5, 0.6) is 0 Å². The van der Waals surface area contributed by atoms with Gasteiger partial charge in [-0.1, -0.05) is 11.6 Å². The fourth-order valence-corrected chi connectivity index (χ4v) is 1.68. The summed E-state index contributed by atoms with van der Waals surface area (Å²) in [6.07, 6.45) is 1.90. The molecule has 0 saturated carbocycles. The molecule has 3 heteroatoms. The number of rotatable bonds is 0. The van der Waals surface area contributed by atoms with Crippen LogP contribution in [-0.4, -0.2) is 4.57 Å². The Balaban J connectivity index is 2.87. The van der Waals surface area contributed by atoms with E-state index < -0.39 is 0 Å². The van der Waals surface area contributed by atoms with Crippen molar-refractivity contribution >= 4 is 38.4 Å². The summed E-state index contributed by atoms with van der Waals surface area (Å²) in [5.74, 6) is 0. The van der Waals surface area contributed by atoms with Crippen molar-refractivity contribution in [1.29, 1.82) is 0 Å². The Morgan fingerprint density at radius 2 is 2.25 bits per heavy atom.